The average molecular weight is 288 g/mol. The van der Waals surface area contributed by atoms with Gasteiger partial charge in [0.15, 0.2) is 9.84 Å². The van der Waals surface area contributed by atoms with Gasteiger partial charge in [-0.1, -0.05) is 0 Å². The third kappa shape index (κ3) is 5.21. The summed E-state index contributed by atoms with van der Waals surface area (Å²) in [5, 5.41) is 4.40. The van der Waals surface area contributed by atoms with Gasteiger partial charge in [-0.2, -0.15) is 13.2 Å². The minimum Gasteiger partial charge on any atom is -0.349 e. The van der Waals surface area contributed by atoms with Crippen LogP contribution in [0.15, 0.2) is 0 Å². The molecule has 1 unspecified atom stereocenters. The lowest BCUT2D eigenvalue weighted by Crippen LogP contribution is -2.50. The molecule has 106 valence electrons. The van der Waals surface area contributed by atoms with Crippen molar-refractivity contribution in [2.24, 2.45) is 0 Å². The van der Waals surface area contributed by atoms with Crippen molar-refractivity contribution in [3.8, 4) is 0 Å². The molecule has 0 saturated carbocycles. The van der Waals surface area contributed by atoms with Crippen LogP contribution in [-0.2, 0) is 14.6 Å². The summed E-state index contributed by atoms with van der Waals surface area (Å²) in [6.45, 7) is -0.177. The standard InChI is InChI=1S/C9H15F3N2O3S/c1-8(2-3-18(16,17)6-8)14-7(15)4-13-5-9(10,11)12/h13H,2-6H2,1H3,(H,14,15). The molecule has 1 fully saturated rings. The summed E-state index contributed by atoms with van der Waals surface area (Å²) < 4.78 is 58.0. The highest BCUT2D eigenvalue weighted by atomic mass is 32.2. The monoisotopic (exact) mass is 288 g/mol. The Hall–Kier alpha value is -0.830. The zero-order chi connectivity index (χ0) is 14.0. The molecule has 0 aromatic heterocycles. The third-order valence-electron chi connectivity index (χ3n) is 2.56. The molecular weight excluding hydrogens is 273 g/mol. The molecule has 2 N–H and O–H groups in total. The minimum atomic E-state index is -4.37. The van der Waals surface area contributed by atoms with Gasteiger partial charge in [-0.25, -0.2) is 8.42 Å². The summed E-state index contributed by atoms with van der Waals surface area (Å²) in [5.74, 6) is -0.830. The van der Waals surface area contributed by atoms with E-state index in [-0.39, 0.29) is 17.9 Å². The Kier molecular flexibility index (Phi) is 4.26. The first-order valence-electron chi connectivity index (χ1n) is 5.30. The van der Waals surface area contributed by atoms with Crippen LogP contribution >= 0.6 is 0 Å². The fourth-order valence-corrected chi connectivity index (χ4v) is 3.90. The topological polar surface area (TPSA) is 75.3 Å². The Balaban J connectivity index is 2.37. The molecule has 1 aliphatic rings. The van der Waals surface area contributed by atoms with Crippen molar-refractivity contribution in [3.05, 3.63) is 0 Å². The number of rotatable bonds is 4. The van der Waals surface area contributed by atoms with Crippen LogP contribution in [0.4, 0.5) is 13.2 Å². The number of halogens is 3. The maximum Gasteiger partial charge on any atom is 0.401 e. The van der Waals surface area contributed by atoms with Gasteiger partial charge in [0.05, 0.1) is 30.1 Å². The summed E-state index contributed by atoms with van der Waals surface area (Å²) in [5.41, 5.74) is -0.879. The highest BCUT2D eigenvalue weighted by Crippen LogP contribution is 2.22. The fraction of sp³-hybridized carbons (Fsp3) is 0.889. The fourth-order valence-electron chi connectivity index (χ4n) is 1.81. The molecule has 0 aromatic rings. The zero-order valence-electron chi connectivity index (χ0n) is 9.80. The van der Waals surface area contributed by atoms with Crippen LogP contribution in [0.3, 0.4) is 0 Å². The molecule has 0 radical (unpaired) electrons. The first-order valence-corrected chi connectivity index (χ1v) is 7.12. The number of hydrogen-bond acceptors (Lipinski definition) is 4. The second-order valence-electron chi connectivity index (χ2n) is 4.67. The summed E-state index contributed by atoms with van der Waals surface area (Å²) in [6, 6.07) is 0. The number of carbonyl (C=O) groups is 1. The van der Waals surface area contributed by atoms with Crippen LogP contribution < -0.4 is 10.6 Å². The van der Waals surface area contributed by atoms with Crippen molar-refractivity contribution >= 4 is 15.7 Å². The molecule has 18 heavy (non-hydrogen) atoms. The van der Waals surface area contributed by atoms with E-state index in [1.165, 1.54) is 0 Å². The van der Waals surface area contributed by atoms with Crippen LogP contribution in [0.25, 0.3) is 0 Å². The second-order valence-corrected chi connectivity index (χ2v) is 6.85. The van der Waals surface area contributed by atoms with Crippen LogP contribution in [0.1, 0.15) is 13.3 Å². The van der Waals surface area contributed by atoms with Crippen molar-refractivity contribution in [1.29, 1.82) is 0 Å². The Morgan fingerprint density at radius 1 is 1.39 bits per heavy atom. The molecule has 0 spiro atoms. The number of nitrogens with one attached hydrogen (secondary N) is 2. The highest BCUT2D eigenvalue weighted by molar-refractivity contribution is 7.91. The summed E-state index contributed by atoms with van der Waals surface area (Å²) >= 11 is 0. The first-order chi connectivity index (χ1) is 8.02. The Morgan fingerprint density at radius 3 is 2.44 bits per heavy atom. The van der Waals surface area contributed by atoms with Crippen LogP contribution in [0, 0.1) is 0 Å². The minimum absolute atomic E-state index is 0.0141. The number of carbonyl (C=O) groups excluding carboxylic acids is 1. The smallest absolute Gasteiger partial charge is 0.349 e. The van der Waals surface area contributed by atoms with Crippen molar-refractivity contribution in [1.82, 2.24) is 10.6 Å². The molecule has 1 rings (SSSR count). The molecule has 1 heterocycles. The molecule has 0 aliphatic carbocycles. The van der Waals surface area contributed by atoms with Gasteiger partial charge in [-0.05, 0) is 13.3 Å². The predicted octanol–water partition coefficient (Wildman–Crippen LogP) is -0.168. The van der Waals surface area contributed by atoms with Gasteiger partial charge in [0, 0.05) is 0 Å². The molecule has 1 atom stereocenters. The van der Waals surface area contributed by atoms with Crippen molar-refractivity contribution in [2.45, 2.75) is 25.1 Å². The largest absolute Gasteiger partial charge is 0.401 e. The third-order valence-corrected chi connectivity index (χ3v) is 4.46. The quantitative estimate of drug-likeness (QED) is 0.753. The van der Waals surface area contributed by atoms with Crippen molar-refractivity contribution < 1.29 is 26.4 Å². The normalized spacial score (nSPS) is 27.1. The van der Waals surface area contributed by atoms with Gasteiger partial charge < -0.3 is 10.6 Å². The van der Waals surface area contributed by atoms with E-state index in [1.807, 2.05) is 5.32 Å². The van der Waals surface area contributed by atoms with Crippen LogP contribution in [-0.4, -0.2) is 50.6 Å². The summed E-state index contributed by atoms with van der Waals surface area (Å²) in [7, 11) is -3.16. The Labute approximate surface area is 103 Å². The van der Waals surface area contributed by atoms with E-state index in [2.05, 4.69) is 5.32 Å². The molecule has 1 aliphatic heterocycles. The summed E-state index contributed by atoms with van der Waals surface area (Å²) in [4.78, 5) is 11.4. The maximum absolute atomic E-state index is 11.8. The van der Waals surface area contributed by atoms with Gasteiger partial charge in [0.1, 0.15) is 0 Å². The maximum atomic E-state index is 11.8. The van der Waals surface area contributed by atoms with Crippen LogP contribution in [0.5, 0.6) is 0 Å². The van der Waals surface area contributed by atoms with Crippen LogP contribution in [0.2, 0.25) is 0 Å². The number of amides is 1. The van der Waals surface area contributed by atoms with Gasteiger partial charge >= 0.3 is 6.18 Å². The molecule has 1 saturated heterocycles. The van der Waals surface area contributed by atoms with E-state index in [1.54, 1.807) is 6.92 Å². The van der Waals surface area contributed by atoms with Gasteiger partial charge in [0.25, 0.3) is 0 Å². The van der Waals surface area contributed by atoms with E-state index < -0.39 is 40.5 Å². The Bertz CT molecular complexity index is 421. The molecule has 0 aromatic carbocycles. The molecular formula is C9H15F3N2O3S. The van der Waals surface area contributed by atoms with E-state index in [0.717, 1.165) is 0 Å². The summed E-state index contributed by atoms with van der Waals surface area (Å²) in [6.07, 6.45) is -4.10. The number of alkyl halides is 3. The Morgan fingerprint density at radius 2 is 2.00 bits per heavy atom. The van der Waals surface area contributed by atoms with Gasteiger partial charge in [-0.3, -0.25) is 4.79 Å². The van der Waals surface area contributed by atoms with Gasteiger partial charge in [-0.15, -0.1) is 0 Å². The highest BCUT2D eigenvalue weighted by Gasteiger charge is 2.39. The van der Waals surface area contributed by atoms with E-state index >= 15 is 0 Å². The van der Waals surface area contributed by atoms with E-state index in [0.29, 0.717) is 0 Å². The lowest BCUT2D eigenvalue weighted by atomic mass is 10.0. The molecule has 0 bridgehead atoms. The lowest BCUT2D eigenvalue weighted by Gasteiger charge is -2.24. The molecule has 5 nitrogen and oxygen atoms in total. The van der Waals surface area contributed by atoms with E-state index in [4.69, 9.17) is 0 Å². The van der Waals surface area contributed by atoms with Crippen molar-refractivity contribution in [2.75, 3.05) is 24.6 Å². The van der Waals surface area contributed by atoms with E-state index in [9.17, 15) is 26.4 Å². The van der Waals surface area contributed by atoms with Gasteiger partial charge in [0.2, 0.25) is 5.91 Å². The second kappa shape index (κ2) is 5.04. The lowest BCUT2D eigenvalue weighted by molar-refractivity contribution is -0.129. The number of hydrogen-bond donors (Lipinski definition) is 2. The number of sulfone groups is 1. The predicted molar refractivity (Wildman–Crippen MR) is 58.7 cm³/mol. The zero-order valence-corrected chi connectivity index (χ0v) is 10.6. The molecule has 9 heteroatoms. The average Bonchev–Trinajstić information content (AvgIpc) is 2.37. The van der Waals surface area contributed by atoms with Crippen molar-refractivity contribution in [3.63, 3.8) is 0 Å². The first kappa shape index (κ1) is 15.2. The SMILES string of the molecule is CC1(NC(=O)CNCC(F)(F)F)CCS(=O)(=O)C1. The molecule has 1 amide bonds.